The molecule has 0 saturated heterocycles. The number of benzene rings is 2. The van der Waals surface area contributed by atoms with E-state index in [2.05, 4.69) is 15.4 Å². The van der Waals surface area contributed by atoms with Crippen LogP contribution in [-0.2, 0) is 20.7 Å². The number of carbonyl (C=O) groups is 3. The van der Waals surface area contributed by atoms with Crippen LogP contribution in [0.4, 0.5) is 11.4 Å². The van der Waals surface area contributed by atoms with Crippen molar-refractivity contribution in [2.45, 2.75) is 13.3 Å². The Bertz CT molecular complexity index is 803. The Kier molecular flexibility index (Phi) is 6.14. The molecule has 25 heavy (non-hydrogen) atoms. The molecular formula is C18H17ClN2O4. The predicted octanol–water partition coefficient (Wildman–Crippen LogP) is 3.27. The molecule has 0 saturated carbocycles. The summed E-state index contributed by atoms with van der Waals surface area (Å²) in [4.78, 5) is 34.7. The topological polar surface area (TPSA) is 84.5 Å². The molecule has 7 heteroatoms. The molecule has 6 nitrogen and oxygen atoms in total. The summed E-state index contributed by atoms with van der Waals surface area (Å²) in [7, 11) is 1.28. The zero-order valence-corrected chi connectivity index (χ0v) is 14.5. The Morgan fingerprint density at radius 3 is 2.32 bits per heavy atom. The highest BCUT2D eigenvalue weighted by Gasteiger charge is 2.12. The number of anilines is 2. The minimum atomic E-state index is -0.513. The van der Waals surface area contributed by atoms with Crippen LogP contribution in [0.15, 0.2) is 42.5 Å². The summed E-state index contributed by atoms with van der Waals surface area (Å²) in [6, 6.07) is 11.4. The molecule has 2 aromatic carbocycles. The number of methoxy groups -OCH3 is 1. The van der Waals surface area contributed by atoms with E-state index in [1.54, 1.807) is 24.3 Å². The highest BCUT2D eigenvalue weighted by atomic mass is 35.5. The van der Waals surface area contributed by atoms with Crippen LogP contribution in [0.3, 0.4) is 0 Å². The van der Waals surface area contributed by atoms with E-state index in [1.807, 2.05) is 0 Å². The quantitative estimate of drug-likeness (QED) is 0.801. The Labute approximate surface area is 150 Å². The molecule has 0 aliphatic carbocycles. The first-order chi connectivity index (χ1) is 11.9. The van der Waals surface area contributed by atoms with Crippen LogP contribution in [0.5, 0.6) is 0 Å². The molecule has 2 N–H and O–H groups in total. The van der Waals surface area contributed by atoms with E-state index < -0.39 is 5.97 Å². The molecule has 0 spiro atoms. The van der Waals surface area contributed by atoms with Crippen LogP contribution in [0, 0.1) is 0 Å². The van der Waals surface area contributed by atoms with E-state index in [-0.39, 0.29) is 18.2 Å². The molecule has 0 heterocycles. The van der Waals surface area contributed by atoms with Crippen LogP contribution < -0.4 is 10.6 Å². The first-order valence-corrected chi connectivity index (χ1v) is 7.81. The molecule has 0 aromatic heterocycles. The van der Waals surface area contributed by atoms with Gasteiger partial charge in [-0.1, -0.05) is 23.7 Å². The smallest absolute Gasteiger partial charge is 0.337 e. The number of esters is 1. The lowest BCUT2D eigenvalue weighted by Crippen LogP contribution is -2.15. The fraction of sp³-hybridized carbons (Fsp3) is 0.167. The van der Waals surface area contributed by atoms with Gasteiger partial charge in [0, 0.05) is 12.6 Å². The van der Waals surface area contributed by atoms with Crippen molar-refractivity contribution in [2.75, 3.05) is 17.7 Å². The molecule has 0 unspecified atom stereocenters. The van der Waals surface area contributed by atoms with Crippen molar-refractivity contribution in [3.05, 3.63) is 58.6 Å². The molecule has 0 aliphatic rings. The highest BCUT2D eigenvalue weighted by molar-refractivity contribution is 6.33. The largest absolute Gasteiger partial charge is 0.465 e. The van der Waals surface area contributed by atoms with Gasteiger partial charge in [-0.2, -0.15) is 0 Å². The number of amides is 2. The van der Waals surface area contributed by atoms with Crippen LogP contribution in [0.25, 0.3) is 0 Å². The molecule has 0 aliphatic heterocycles. The van der Waals surface area contributed by atoms with Gasteiger partial charge in [-0.15, -0.1) is 0 Å². The van der Waals surface area contributed by atoms with Gasteiger partial charge in [-0.3, -0.25) is 9.59 Å². The van der Waals surface area contributed by atoms with Gasteiger partial charge in [0.15, 0.2) is 0 Å². The lowest BCUT2D eigenvalue weighted by Gasteiger charge is -2.09. The Balaban J connectivity index is 2.05. The second-order valence-electron chi connectivity index (χ2n) is 5.29. The maximum absolute atomic E-state index is 12.2. The fourth-order valence-corrected chi connectivity index (χ4v) is 2.32. The van der Waals surface area contributed by atoms with Crippen LogP contribution >= 0.6 is 11.6 Å². The lowest BCUT2D eigenvalue weighted by atomic mass is 10.1. The Hall–Kier alpha value is -2.86. The van der Waals surface area contributed by atoms with Gasteiger partial charge in [0.05, 0.1) is 29.8 Å². The number of halogens is 1. The summed E-state index contributed by atoms with van der Waals surface area (Å²) in [6.45, 7) is 1.42. The zero-order chi connectivity index (χ0) is 18.4. The maximum Gasteiger partial charge on any atom is 0.337 e. The van der Waals surface area contributed by atoms with Crippen molar-refractivity contribution in [1.82, 2.24) is 0 Å². The number of ether oxygens (including phenoxy) is 1. The normalized spacial score (nSPS) is 10.0. The van der Waals surface area contributed by atoms with Crippen molar-refractivity contribution >= 4 is 40.8 Å². The molecule has 130 valence electrons. The molecule has 2 amide bonds. The van der Waals surface area contributed by atoms with Crippen molar-refractivity contribution in [3.63, 3.8) is 0 Å². The summed E-state index contributed by atoms with van der Waals surface area (Å²) in [6.07, 6.45) is 0.124. The first-order valence-electron chi connectivity index (χ1n) is 7.43. The fourth-order valence-electron chi connectivity index (χ4n) is 2.15. The highest BCUT2D eigenvalue weighted by Crippen LogP contribution is 2.23. The Morgan fingerprint density at radius 2 is 1.72 bits per heavy atom. The van der Waals surface area contributed by atoms with Crippen LogP contribution in [0.1, 0.15) is 22.8 Å². The number of carbonyl (C=O) groups excluding carboxylic acids is 3. The summed E-state index contributed by atoms with van der Waals surface area (Å²) in [5, 5.41) is 5.65. The van der Waals surface area contributed by atoms with Gasteiger partial charge in [-0.25, -0.2) is 4.79 Å². The van der Waals surface area contributed by atoms with Crippen molar-refractivity contribution in [2.24, 2.45) is 0 Å². The average Bonchev–Trinajstić information content (AvgIpc) is 2.57. The molecule has 0 fully saturated rings. The third kappa shape index (κ3) is 5.32. The van der Waals surface area contributed by atoms with Gasteiger partial charge < -0.3 is 15.4 Å². The first kappa shape index (κ1) is 18.5. The SMILES string of the molecule is COC(=O)c1ccc(Cl)c(NC(=O)Cc2ccc(NC(C)=O)cc2)c1. The van der Waals surface area contributed by atoms with E-state index >= 15 is 0 Å². The van der Waals surface area contributed by atoms with E-state index in [1.165, 1.54) is 32.2 Å². The van der Waals surface area contributed by atoms with Crippen LogP contribution in [-0.4, -0.2) is 24.9 Å². The molecule has 2 aromatic rings. The minimum absolute atomic E-state index is 0.124. The van der Waals surface area contributed by atoms with Gasteiger partial charge in [0.1, 0.15) is 0 Å². The number of hydrogen-bond donors (Lipinski definition) is 2. The summed E-state index contributed by atoms with van der Waals surface area (Å²) >= 11 is 6.05. The van der Waals surface area contributed by atoms with Gasteiger partial charge >= 0.3 is 5.97 Å². The third-order valence-electron chi connectivity index (χ3n) is 3.30. The van der Waals surface area contributed by atoms with Crippen molar-refractivity contribution in [3.8, 4) is 0 Å². The third-order valence-corrected chi connectivity index (χ3v) is 3.63. The van der Waals surface area contributed by atoms with Gasteiger partial charge in [0.25, 0.3) is 0 Å². The number of rotatable bonds is 5. The summed E-state index contributed by atoms with van der Waals surface area (Å²) in [5.74, 6) is -0.956. The predicted molar refractivity (Wildman–Crippen MR) is 95.9 cm³/mol. The Morgan fingerprint density at radius 1 is 1.04 bits per heavy atom. The van der Waals surface area contributed by atoms with Gasteiger partial charge in [-0.05, 0) is 35.9 Å². The molecule has 2 rings (SSSR count). The van der Waals surface area contributed by atoms with E-state index in [9.17, 15) is 14.4 Å². The zero-order valence-electron chi connectivity index (χ0n) is 13.8. The summed E-state index contributed by atoms with van der Waals surface area (Å²) in [5.41, 5.74) is 2.06. The second-order valence-corrected chi connectivity index (χ2v) is 5.70. The van der Waals surface area contributed by atoms with E-state index in [0.29, 0.717) is 22.0 Å². The van der Waals surface area contributed by atoms with E-state index in [4.69, 9.17) is 11.6 Å². The van der Waals surface area contributed by atoms with E-state index in [0.717, 1.165) is 5.56 Å². The number of hydrogen-bond acceptors (Lipinski definition) is 4. The average molecular weight is 361 g/mol. The maximum atomic E-state index is 12.2. The van der Waals surface area contributed by atoms with Crippen LogP contribution in [0.2, 0.25) is 5.02 Å². The van der Waals surface area contributed by atoms with Crippen molar-refractivity contribution < 1.29 is 19.1 Å². The minimum Gasteiger partial charge on any atom is -0.465 e. The monoisotopic (exact) mass is 360 g/mol. The standard InChI is InChI=1S/C18H17ClN2O4/c1-11(22)20-14-6-3-12(4-7-14)9-17(23)21-16-10-13(18(24)25-2)5-8-15(16)19/h3-8,10H,9H2,1-2H3,(H,20,22)(H,21,23). The summed E-state index contributed by atoms with van der Waals surface area (Å²) < 4.78 is 4.65. The lowest BCUT2D eigenvalue weighted by molar-refractivity contribution is -0.116. The molecule has 0 atom stereocenters. The second kappa shape index (κ2) is 8.30. The molecule has 0 bridgehead atoms. The van der Waals surface area contributed by atoms with Gasteiger partial charge in [0.2, 0.25) is 11.8 Å². The van der Waals surface area contributed by atoms with Crippen molar-refractivity contribution in [1.29, 1.82) is 0 Å². The molecular weight excluding hydrogens is 344 g/mol. The molecule has 0 radical (unpaired) electrons. The number of nitrogens with one attached hydrogen (secondary N) is 2.